The maximum Gasteiger partial charge on any atom is 0.172 e. The molecule has 0 heterocycles. The van der Waals surface area contributed by atoms with Gasteiger partial charge < -0.3 is 10.8 Å². The number of benzene rings is 2. The lowest BCUT2D eigenvalue weighted by Gasteiger charge is -2.35. The number of thioether (sulfide) groups is 1. The van der Waals surface area contributed by atoms with Crippen LogP contribution in [0.15, 0.2) is 65.2 Å². The van der Waals surface area contributed by atoms with Crippen LogP contribution in [-0.2, 0) is 10.8 Å². The summed E-state index contributed by atoms with van der Waals surface area (Å²) >= 11 is 1.43. The Balaban J connectivity index is 2.14. The van der Waals surface area contributed by atoms with Gasteiger partial charge in [-0.2, -0.15) is 5.26 Å². The Morgan fingerprint density at radius 3 is 2.11 bits per heavy atom. The molecule has 3 N–H and O–H groups in total. The summed E-state index contributed by atoms with van der Waals surface area (Å²) in [5.41, 5.74) is 12.3. The number of nitrogens with two attached hydrogens (primary N) is 1. The van der Waals surface area contributed by atoms with Crippen molar-refractivity contribution in [3.8, 4) is 11.8 Å². The smallest absolute Gasteiger partial charge is 0.172 e. The number of hydrogen-bond donors (Lipinski definition) is 2. The van der Waals surface area contributed by atoms with Gasteiger partial charge in [-0.15, -0.1) is 11.8 Å². The molecule has 2 aliphatic rings. The van der Waals surface area contributed by atoms with Gasteiger partial charge in [-0.1, -0.05) is 71.9 Å². The minimum Gasteiger partial charge on any atom is -0.507 e. The lowest BCUT2D eigenvalue weighted by Crippen LogP contribution is -2.35. The molecule has 0 aromatic heterocycles. The molecule has 2 aromatic rings. The summed E-state index contributed by atoms with van der Waals surface area (Å²) in [5.74, 6) is 0.324. The van der Waals surface area contributed by atoms with Gasteiger partial charge in [0.15, 0.2) is 4.75 Å². The van der Waals surface area contributed by atoms with Crippen LogP contribution in [0.5, 0.6) is 5.75 Å². The van der Waals surface area contributed by atoms with E-state index in [9.17, 15) is 10.4 Å². The van der Waals surface area contributed by atoms with Gasteiger partial charge in [0.05, 0.1) is 11.8 Å². The van der Waals surface area contributed by atoms with E-state index in [-0.39, 0.29) is 10.8 Å². The summed E-state index contributed by atoms with van der Waals surface area (Å²) in [7, 11) is 0. The third-order valence-electron chi connectivity index (χ3n) is 6.75. The molecule has 2 aromatic carbocycles. The van der Waals surface area contributed by atoms with Crippen LogP contribution in [-0.4, -0.2) is 9.85 Å². The number of nitrogens with zero attached hydrogens (tertiary/aromatic N) is 1. The lowest BCUT2D eigenvalue weighted by molar-refractivity contribution is 0.423. The predicted molar refractivity (Wildman–Crippen MR) is 149 cm³/mol. The third kappa shape index (κ3) is 4.02. The second kappa shape index (κ2) is 8.50. The number of hydrogen-bond acceptors (Lipinski definition) is 4. The van der Waals surface area contributed by atoms with Crippen LogP contribution < -0.4 is 16.2 Å². The molecule has 1 unspecified atom stereocenters. The summed E-state index contributed by atoms with van der Waals surface area (Å²) in [6.45, 7) is 14.5. The maximum atomic E-state index is 11.3. The van der Waals surface area contributed by atoms with Crippen molar-refractivity contribution in [1.29, 1.82) is 5.26 Å². The molecule has 0 fully saturated rings. The largest absolute Gasteiger partial charge is 0.507 e. The van der Waals surface area contributed by atoms with Gasteiger partial charge in [0.2, 0.25) is 0 Å². The van der Waals surface area contributed by atoms with Crippen molar-refractivity contribution in [3.05, 3.63) is 92.4 Å². The highest BCUT2D eigenvalue weighted by Crippen LogP contribution is 2.51. The first kappa shape index (κ1) is 24.9. The Morgan fingerprint density at radius 1 is 0.971 bits per heavy atom. The summed E-state index contributed by atoms with van der Waals surface area (Å²) in [6, 6.07) is 14.9. The van der Waals surface area contributed by atoms with Crippen molar-refractivity contribution in [1.82, 2.24) is 0 Å². The van der Waals surface area contributed by atoms with E-state index in [1.165, 1.54) is 11.8 Å². The Morgan fingerprint density at radius 2 is 1.57 bits per heavy atom. The van der Waals surface area contributed by atoms with E-state index in [0.29, 0.717) is 11.4 Å². The second-order valence-corrected chi connectivity index (χ2v) is 12.5. The molecule has 4 rings (SSSR count). The molecule has 4 heteroatoms. The topological polar surface area (TPSA) is 70.0 Å². The van der Waals surface area contributed by atoms with Crippen LogP contribution in [0.1, 0.15) is 65.2 Å². The molecule has 0 saturated heterocycles. The Kier molecular flexibility index (Phi) is 6.06. The zero-order valence-electron chi connectivity index (χ0n) is 21.7. The molecule has 0 bridgehead atoms. The van der Waals surface area contributed by atoms with Crippen LogP contribution >= 0.6 is 11.8 Å². The number of phenolic OH excluding ortho intramolecular Hbond substituents is 1. The fraction of sp³-hybridized carbons (Fsp3) is 0.323. The molecule has 3 nitrogen and oxygen atoms in total. The first-order valence-electron chi connectivity index (χ1n) is 12.0. The fourth-order valence-corrected chi connectivity index (χ4v) is 5.80. The van der Waals surface area contributed by atoms with Crippen molar-refractivity contribution in [2.45, 2.75) is 64.0 Å². The zero-order valence-corrected chi connectivity index (χ0v) is 22.5. The number of fused-ring (bicyclic) bond motifs is 2. The molecule has 35 heavy (non-hydrogen) atoms. The first-order valence-corrected chi connectivity index (χ1v) is 12.9. The first-order chi connectivity index (χ1) is 16.3. The Labute approximate surface area is 213 Å². The van der Waals surface area contributed by atoms with Gasteiger partial charge in [0.25, 0.3) is 0 Å². The van der Waals surface area contributed by atoms with Gasteiger partial charge in [-0.05, 0) is 74.6 Å². The fourth-order valence-electron chi connectivity index (χ4n) is 4.87. The summed E-state index contributed by atoms with van der Waals surface area (Å²) < 4.78 is -1.09. The molecule has 0 saturated carbocycles. The SMILES string of the molecule is C/C=C/SC1(C#N)C(c2cc(C(C)(C)C)c(O)c(C(C)(C)C)c2)=CC2=c3ccccc3=CC2=C1N. The van der Waals surface area contributed by atoms with Gasteiger partial charge >= 0.3 is 0 Å². The average molecular weight is 483 g/mol. The van der Waals surface area contributed by atoms with Gasteiger partial charge in [0.1, 0.15) is 5.75 Å². The minimum atomic E-state index is -1.09. The van der Waals surface area contributed by atoms with Crippen molar-refractivity contribution >= 4 is 29.0 Å². The molecular formula is C31H34N2OS. The van der Waals surface area contributed by atoms with Crippen molar-refractivity contribution in [2.75, 3.05) is 0 Å². The van der Waals surface area contributed by atoms with Gasteiger partial charge in [-0.25, -0.2) is 0 Å². The van der Waals surface area contributed by atoms with Crippen molar-refractivity contribution in [2.24, 2.45) is 5.73 Å². The van der Waals surface area contributed by atoms with Crippen molar-refractivity contribution in [3.63, 3.8) is 0 Å². The third-order valence-corrected chi connectivity index (χ3v) is 8.05. The van der Waals surface area contributed by atoms with Crippen LogP contribution in [0, 0.1) is 11.3 Å². The quantitative estimate of drug-likeness (QED) is 0.583. The molecule has 2 aliphatic carbocycles. The Bertz CT molecular complexity index is 1430. The number of allylic oxidation sites excluding steroid dienone is 3. The molecule has 0 spiro atoms. The molecule has 0 amide bonds. The number of nitriles is 1. The standard InChI is InChI=1S/C31H34N2OS/c1-8-13-35-31(18-32)24(17-22-21-12-10-9-11-19(21)14-23(22)28(31)33)20-15-25(29(2,3)4)27(34)26(16-20)30(5,6)7/h8-17,34H,33H2,1-7H3/b13-8+. The van der Waals surface area contributed by atoms with E-state index in [2.05, 4.69) is 71.9 Å². The van der Waals surface area contributed by atoms with E-state index in [0.717, 1.165) is 43.8 Å². The summed E-state index contributed by atoms with van der Waals surface area (Å²) in [5, 5.41) is 26.2. The highest BCUT2D eigenvalue weighted by molar-refractivity contribution is 8.04. The van der Waals surface area contributed by atoms with E-state index in [1.54, 1.807) is 0 Å². The molecule has 180 valence electrons. The molecule has 0 aliphatic heterocycles. The van der Waals surface area contributed by atoms with Gasteiger partial charge in [-0.3, -0.25) is 0 Å². The van der Waals surface area contributed by atoms with Crippen LogP contribution in [0.2, 0.25) is 0 Å². The van der Waals surface area contributed by atoms with E-state index < -0.39 is 4.75 Å². The minimum absolute atomic E-state index is 0.283. The zero-order chi connectivity index (χ0) is 25.8. The van der Waals surface area contributed by atoms with Crippen LogP contribution in [0.4, 0.5) is 0 Å². The Hall–Kier alpha value is -3.16. The average Bonchev–Trinajstić information content (AvgIpc) is 3.16. The highest BCUT2D eigenvalue weighted by Gasteiger charge is 2.44. The van der Waals surface area contributed by atoms with E-state index in [1.807, 2.05) is 42.7 Å². The number of rotatable bonds is 3. The summed E-state index contributed by atoms with van der Waals surface area (Å²) in [4.78, 5) is 0. The number of phenols is 1. The number of aromatic hydroxyl groups is 1. The molecular weight excluding hydrogens is 448 g/mol. The molecule has 0 radical (unpaired) electrons. The second-order valence-electron chi connectivity index (χ2n) is 11.3. The van der Waals surface area contributed by atoms with E-state index in [4.69, 9.17) is 5.73 Å². The van der Waals surface area contributed by atoms with Gasteiger partial charge in [0, 0.05) is 16.7 Å². The van der Waals surface area contributed by atoms with Crippen molar-refractivity contribution < 1.29 is 5.11 Å². The maximum absolute atomic E-state index is 11.3. The molecule has 1 atom stereocenters. The van der Waals surface area contributed by atoms with Crippen LogP contribution in [0.3, 0.4) is 0 Å². The lowest BCUT2D eigenvalue weighted by atomic mass is 9.74. The normalized spacial score (nSPS) is 19.8. The van der Waals surface area contributed by atoms with Crippen LogP contribution in [0.25, 0.3) is 17.2 Å². The summed E-state index contributed by atoms with van der Waals surface area (Å²) in [6.07, 6.45) is 6.16. The predicted octanol–water partition coefficient (Wildman–Crippen LogP) is 5.77. The highest BCUT2D eigenvalue weighted by atomic mass is 32.2. The monoisotopic (exact) mass is 482 g/mol. The van der Waals surface area contributed by atoms with E-state index >= 15 is 0 Å².